The van der Waals surface area contributed by atoms with Crippen molar-refractivity contribution in [1.29, 1.82) is 0 Å². The molecule has 0 radical (unpaired) electrons. The second kappa shape index (κ2) is 9.60. The summed E-state index contributed by atoms with van der Waals surface area (Å²) in [6, 6.07) is 7.62. The van der Waals surface area contributed by atoms with Gasteiger partial charge in [-0.2, -0.15) is 0 Å². The Morgan fingerprint density at radius 2 is 1.90 bits per heavy atom. The van der Waals surface area contributed by atoms with Gasteiger partial charge in [-0.3, -0.25) is 9.59 Å². The fraction of sp³-hybridized carbons (Fsp3) is 0.478. The summed E-state index contributed by atoms with van der Waals surface area (Å²) in [7, 11) is 0. The molecule has 0 bridgehead atoms. The Labute approximate surface area is 181 Å². The lowest BCUT2D eigenvalue weighted by molar-refractivity contribution is -0.145. The maximum Gasteiger partial charge on any atom is 0.242 e. The first-order valence-electron chi connectivity index (χ1n) is 10.3. The predicted molar refractivity (Wildman–Crippen MR) is 116 cm³/mol. The molecule has 1 aromatic carbocycles. The lowest BCUT2D eigenvalue weighted by atomic mass is 10.00. The van der Waals surface area contributed by atoms with Crippen molar-refractivity contribution in [1.82, 2.24) is 9.80 Å². The number of carbonyl (C=O) groups excluding carboxylic acids is 2. The van der Waals surface area contributed by atoms with Gasteiger partial charge < -0.3 is 14.5 Å². The third-order valence-electron chi connectivity index (χ3n) is 5.34. The van der Waals surface area contributed by atoms with Gasteiger partial charge in [0.1, 0.15) is 24.7 Å². The summed E-state index contributed by atoms with van der Waals surface area (Å²) < 4.78 is 19.1. The van der Waals surface area contributed by atoms with Crippen molar-refractivity contribution in [3.63, 3.8) is 0 Å². The van der Waals surface area contributed by atoms with Crippen molar-refractivity contribution >= 4 is 23.2 Å². The van der Waals surface area contributed by atoms with Crippen LogP contribution in [-0.4, -0.2) is 47.4 Å². The van der Waals surface area contributed by atoms with Crippen LogP contribution in [0.15, 0.2) is 35.7 Å². The molecule has 0 aliphatic carbocycles. The standard InChI is InChI=1S/C23H29FN2O3S/c1-15(2)23(28)26(16(3)4)13-22(27)25-11-9-21-19(10-12-30-21)20(25)14-29-18-7-5-17(24)6-8-18/h5-8,10,12,15-16,20H,9,11,13-14H2,1-4H3/t20-/m0/s1. The number of hydrogen-bond donors (Lipinski definition) is 0. The van der Waals surface area contributed by atoms with Gasteiger partial charge in [0.25, 0.3) is 0 Å². The smallest absolute Gasteiger partial charge is 0.242 e. The SMILES string of the molecule is CC(C)C(=O)N(CC(=O)N1CCc2sccc2[C@@H]1COc1ccc(F)cc1)C(C)C. The summed E-state index contributed by atoms with van der Waals surface area (Å²) in [5.74, 6) is -0.0268. The number of benzene rings is 1. The van der Waals surface area contributed by atoms with Gasteiger partial charge >= 0.3 is 0 Å². The van der Waals surface area contributed by atoms with Gasteiger partial charge in [-0.15, -0.1) is 11.3 Å². The Balaban J connectivity index is 1.78. The number of halogens is 1. The monoisotopic (exact) mass is 432 g/mol. The van der Waals surface area contributed by atoms with Crippen LogP contribution in [0.2, 0.25) is 0 Å². The van der Waals surface area contributed by atoms with Crippen LogP contribution < -0.4 is 4.74 Å². The van der Waals surface area contributed by atoms with Crippen LogP contribution in [0.25, 0.3) is 0 Å². The number of hydrogen-bond acceptors (Lipinski definition) is 4. The molecule has 3 rings (SSSR count). The molecule has 2 amide bonds. The Bertz CT molecular complexity index is 879. The molecule has 2 heterocycles. The minimum atomic E-state index is -0.319. The average molecular weight is 433 g/mol. The largest absolute Gasteiger partial charge is 0.491 e. The number of fused-ring (bicyclic) bond motifs is 1. The maximum absolute atomic E-state index is 13.3. The zero-order valence-corrected chi connectivity index (χ0v) is 18.7. The number of thiophene rings is 1. The molecule has 162 valence electrons. The van der Waals surface area contributed by atoms with Crippen molar-refractivity contribution in [2.45, 2.75) is 46.2 Å². The van der Waals surface area contributed by atoms with E-state index in [1.165, 1.54) is 17.0 Å². The van der Waals surface area contributed by atoms with E-state index < -0.39 is 0 Å². The summed E-state index contributed by atoms with van der Waals surface area (Å²) in [6.07, 6.45) is 0.797. The minimum absolute atomic E-state index is 0.0225. The second-order valence-corrected chi connectivity index (χ2v) is 9.13. The highest BCUT2D eigenvalue weighted by Gasteiger charge is 2.34. The van der Waals surface area contributed by atoms with E-state index in [1.807, 2.05) is 44.0 Å². The molecule has 30 heavy (non-hydrogen) atoms. The molecule has 5 nitrogen and oxygen atoms in total. The fourth-order valence-corrected chi connectivity index (χ4v) is 4.59. The van der Waals surface area contributed by atoms with E-state index in [0.717, 1.165) is 12.0 Å². The van der Waals surface area contributed by atoms with Crippen LogP contribution in [0, 0.1) is 11.7 Å². The molecule has 0 spiro atoms. The van der Waals surface area contributed by atoms with Gasteiger partial charge in [0.15, 0.2) is 0 Å². The van der Waals surface area contributed by atoms with E-state index >= 15 is 0 Å². The molecule has 0 N–H and O–H groups in total. The second-order valence-electron chi connectivity index (χ2n) is 8.13. The molecule has 0 saturated carbocycles. The third kappa shape index (κ3) is 5.01. The van der Waals surface area contributed by atoms with Gasteiger partial charge in [0.05, 0.1) is 6.04 Å². The summed E-state index contributed by atoms with van der Waals surface area (Å²) in [6.45, 7) is 8.47. The number of ether oxygens (including phenoxy) is 1. The first-order chi connectivity index (χ1) is 14.3. The highest BCUT2D eigenvalue weighted by atomic mass is 32.1. The summed E-state index contributed by atoms with van der Waals surface area (Å²) in [4.78, 5) is 30.6. The van der Waals surface area contributed by atoms with E-state index in [4.69, 9.17) is 4.74 Å². The van der Waals surface area contributed by atoms with Crippen molar-refractivity contribution < 1.29 is 18.7 Å². The van der Waals surface area contributed by atoms with E-state index in [1.54, 1.807) is 28.4 Å². The molecular formula is C23H29FN2O3S. The fourth-order valence-electron chi connectivity index (χ4n) is 3.66. The van der Waals surface area contributed by atoms with Gasteiger partial charge in [-0.1, -0.05) is 13.8 Å². The summed E-state index contributed by atoms with van der Waals surface area (Å²) in [5.41, 5.74) is 1.09. The predicted octanol–water partition coefficient (Wildman–Crippen LogP) is 4.29. The van der Waals surface area contributed by atoms with E-state index in [2.05, 4.69) is 0 Å². The summed E-state index contributed by atoms with van der Waals surface area (Å²) >= 11 is 1.69. The maximum atomic E-state index is 13.3. The number of carbonyl (C=O) groups is 2. The van der Waals surface area contributed by atoms with Crippen LogP contribution in [0.4, 0.5) is 4.39 Å². The molecule has 1 aliphatic rings. The topological polar surface area (TPSA) is 49.9 Å². The first-order valence-corrected chi connectivity index (χ1v) is 11.2. The lowest BCUT2D eigenvalue weighted by Gasteiger charge is -2.38. The molecule has 1 aliphatic heterocycles. The molecule has 1 aromatic heterocycles. The Kier molecular flexibility index (Phi) is 7.13. The van der Waals surface area contributed by atoms with Crippen molar-refractivity contribution in [3.05, 3.63) is 52.0 Å². The van der Waals surface area contributed by atoms with Crippen LogP contribution in [0.5, 0.6) is 5.75 Å². The molecule has 2 aromatic rings. The number of amides is 2. The zero-order valence-electron chi connectivity index (χ0n) is 17.9. The van der Waals surface area contributed by atoms with Gasteiger partial charge in [-0.25, -0.2) is 4.39 Å². The number of rotatable bonds is 7. The highest BCUT2D eigenvalue weighted by molar-refractivity contribution is 7.10. The lowest BCUT2D eigenvalue weighted by Crippen LogP contribution is -2.50. The van der Waals surface area contributed by atoms with Gasteiger partial charge in [0, 0.05) is 23.4 Å². The van der Waals surface area contributed by atoms with Gasteiger partial charge in [-0.05, 0) is 61.5 Å². The van der Waals surface area contributed by atoms with E-state index in [-0.39, 0.29) is 48.8 Å². The van der Waals surface area contributed by atoms with E-state index in [0.29, 0.717) is 12.3 Å². The molecule has 0 fully saturated rings. The molecule has 7 heteroatoms. The minimum Gasteiger partial charge on any atom is -0.491 e. The number of nitrogens with zero attached hydrogens (tertiary/aromatic N) is 2. The quantitative estimate of drug-likeness (QED) is 0.656. The Morgan fingerprint density at radius 3 is 2.53 bits per heavy atom. The normalized spacial score (nSPS) is 16.0. The third-order valence-corrected chi connectivity index (χ3v) is 6.34. The zero-order chi connectivity index (χ0) is 21.8. The van der Waals surface area contributed by atoms with Crippen LogP contribution in [0.3, 0.4) is 0 Å². The molecule has 0 saturated heterocycles. The summed E-state index contributed by atoms with van der Waals surface area (Å²) in [5, 5.41) is 2.03. The first kappa shape index (κ1) is 22.3. The van der Waals surface area contributed by atoms with Gasteiger partial charge in [0.2, 0.25) is 11.8 Å². The molecular weight excluding hydrogens is 403 g/mol. The molecule has 0 unspecified atom stereocenters. The van der Waals surface area contributed by atoms with Crippen molar-refractivity contribution in [2.24, 2.45) is 5.92 Å². The van der Waals surface area contributed by atoms with Crippen LogP contribution >= 0.6 is 11.3 Å². The average Bonchev–Trinajstić information content (AvgIpc) is 3.19. The molecule has 1 atom stereocenters. The van der Waals surface area contributed by atoms with Crippen LogP contribution in [-0.2, 0) is 16.0 Å². The highest BCUT2D eigenvalue weighted by Crippen LogP contribution is 2.34. The van der Waals surface area contributed by atoms with Crippen molar-refractivity contribution in [3.8, 4) is 5.75 Å². The Morgan fingerprint density at radius 1 is 1.20 bits per heavy atom. The van der Waals surface area contributed by atoms with Crippen molar-refractivity contribution in [2.75, 3.05) is 19.7 Å². The van der Waals surface area contributed by atoms with Crippen LogP contribution in [0.1, 0.15) is 44.2 Å². The van der Waals surface area contributed by atoms with E-state index in [9.17, 15) is 14.0 Å². The Hall–Kier alpha value is -2.41.